The molecular weight excluding hydrogens is 343 g/mol. The van der Waals surface area contributed by atoms with Crippen LogP contribution in [0.15, 0.2) is 48.5 Å². The predicted molar refractivity (Wildman–Crippen MR) is 78.5 cm³/mol. The van der Waals surface area contributed by atoms with Crippen molar-refractivity contribution in [3.63, 3.8) is 0 Å². The molecule has 0 unspecified atom stereocenters. The normalized spacial score (nSPS) is 19.3. The molecule has 1 aliphatic heterocycles. The number of fused-ring (bicyclic) bond motifs is 2. The molecule has 0 bridgehead atoms. The topological polar surface area (TPSA) is 0 Å². The van der Waals surface area contributed by atoms with Gasteiger partial charge < -0.3 is 0 Å². The molecule has 0 aromatic heterocycles. The molecule has 0 N–H and O–H groups in total. The van der Waals surface area contributed by atoms with Gasteiger partial charge in [-0.15, -0.1) is 0 Å². The van der Waals surface area contributed by atoms with Gasteiger partial charge in [0.25, 0.3) is 0 Å². The van der Waals surface area contributed by atoms with Crippen LogP contribution in [-0.4, -0.2) is 0 Å². The zero-order valence-corrected chi connectivity index (χ0v) is 13.6. The summed E-state index contributed by atoms with van der Waals surface area (Å²) in [5.74, 6) is 0. The number of hydrogen-bond donors (Lipinski definition) is 0. The second-order valence-electron chi connectivity index (χ2n) is 5.02. The van der Waals surface area contributed by atoms with Crippen molar-refractivity contribution in [2.45, 2.75) is 22.7 Å². The Labute approximate surface area is 125 Å². The summed E-state index contributed by atoms with van der Waals surface area (Å²) in [6.07, 6.45) is 0. The van der Waals surface area contributed by atoms with Gasteiger partial charge in [-0.25, -0.2) is 0 Å². The number of hydrogen-bond acceptors (Lipinski definition) is 0. The van der Waals surface area contributed by atoms with Crippen LogP contribution < -0.4 is 21.2 Å². The Hall–Kier alpha value is -1.09. The fraction of sp³-hybridized carbons (Fsp3) is 0.222. The Kier molecular flexibility index (Phi) is 3.74. The van der Waals surface area contributed by atoms with Crippen molar-refractivity contribution in [1.82, 2.24) is 0 Å². The summed E-state index contributed by atoms with van der Waals surface area (Å²) in [7, 11) is 0. The number of allylic oxidation sites excluding steroid dienone is 2. The van der Waals surface area contributed by atoms with Crippen LogP contribution in [-0.2, 0) is 8.86 Å². The van der Waals surface area contributed by atoms with E-state index in [0.29, 0.717) is 0 Å². The first-order valence-electron chi connectivity index (χ1n) is 6.65. The fourth-order valence-corrected chi connectivity index (χ4v) is 5.42. The summed E-state index contributed by atoms with van der Waals surface area (Å²) in [5.41, 5.74) is 8.87. The summed E-state index contributed by atoms with van der Waals surface area (Å²) >= 11 is 0.208. The Balaban J connectivity index is 2.23. The molecule has 3 rings (SSSR count). The van der Waals surface area contributed by atoms with Crippen molar-refractivity contribution in [3.8, 4) is 0 Å². The van der Waals surface area contributed by atoms with Gasteiger partial charge in [-0.2, -0.15) is 0 Å². The molecule has 0 fully saturated rings. The van der Waals surface area contributed by atoms with E-state index in [4.69, 9.17) is 0 Å². The average Bonchev–Trinajstić information content (AvgIpc) is 2.51. The maximum atomic E-state index is 2.31. The molecule has 1 aliphatic rings. The second kappa shape index (κ2) is 5.49. The zero-order valence-electron chi connectivity index (χ0n) is 11.4. The molecular formula is C18H18I-. The average molecular weight is 361 g/mol. The summed E-state index contributed by atoms with van der Waals surface area (Å²) in [6.45, 7) is 4.54. The van der Waals surface area contributed by atoms with Crippen molar-refractivity contribution in [3.05, 3.63) is 70.8 Å². The summed E-state index contributed by atoms with van der Waals surface area (Å²) in [5, 5.41) is 0. The summed E-state index contributed by atoms with van der Waals surface area (Å²) in [6, 6.07) is 17.9. The van der Waals surface area contributed by atoms with Crippen LogP contribution in [0.2, 0.25) is 0 Å². The Morgan fingerprint density at radius 1 is 0.684 bits per heavy atom. The Bertz CT molecular complexity index is 582. The predicted octanol–water partition coefficient (Wildman–Crippen LogP) is 1.74. The van der Waals surface area contributed by atoms with Crippen molar-refractivity contribution in [2.24, 2.45) is 0 Å². The van der Waals surface area contributed by atoms with E-state index in [1.165, 1.54) is 31.1 Å². The SMILES string of the molecule is C/C1=C(\C)c2ccccc2C[I-]Cc2ccccc21. The summed E-state index contributed by atoms with van der Waals surface area (Å²) in [4.78, 5) is 0. The van der Waals surface area contributed by atoms with Gasteiger partial charge in [0.2, 0.25) is 0 Å². The molecule has 0 nitrogen and oxygen atoms in total. The van der Waals surface area contributed by atoms with Gasteiger partial charge in [0.05, 0.1) is 0 Å². The number of benzene rings is 2. The first-order valence-corrected chi connectivity index (χ1v) is 9.70. The van der Waals surface area contributed by atoms with Crippen LogP contribution in [0, 0.1) is 0 Å². The van der Waals surface area contributed by atoms with Crippen LogP contribution in [0.25, 0.3) is 11.1 Å². The second-order valence-corrected chi connectivity index (χ2v) is 7.62. The van der Waals surface area contributed by atoms with Crippen LogP contribution in [0.4, 0.5) is 0 Å². The van der Waals surface area contributed by atoms with Crippen molar-refractivity contribution < 1.29 is 21.2 Å². The van der Waals surface area contributed by atoms with Crippen LogP contribution in [0.1, 0.15) is 36.1 Å². The minimum atomic E-state index is 0.208. The third-order valence-corrected chi connectivity index (χ3v) is 6.60. The van der Waals surface area contributed by atoms with Crippen LogP contribution in [0.3, 0.4) is 0 Å². The van der Waals surface area contributed by atoms with Gasteiger partial charge in [-0.3, -0.25) is 0 Å². The maximum absolute atomic E-state index is 2.31. The fourth-order valence-electron chi connectivity index (χ4n) is 2.66. The van der Waals surface area contributed by atoms with Gasteiger partial charge in [0.15, 0.2) is 0 Å². The monoisotopic (exact) mass is 361 g/mol. The number of rotatable bonds is 0. The molecule has 0 atom stereocenters. The van der Waals surface area contributed by atoms with Crippen LogP contribution in [0.5, 0.6) is 0 Å². The van der Waals surface area contributed by atoms with Gasteiger partial charge in [-0.05, 0) is 0 Å². The van der Waals surface area contributed by atoms with E-state index < -0.39 is 0 Å². The van der Waals surface area contributed by atoms with E-state index in [9.17, 15) is 0 Å². The first-order chi connectivity index (χ1) is 9.27. The van der Waals surface area contributed by atoms with E-state index in [0.717, 1.165) is 0 Å². The molecule has 19 heavy (non-hydrogen) atoms. The van der Waals surface area contributed by atoms with Crippen molar-refractivity contribution in [2.75, 3.05) is 0 Å². The Morgan fingerprint density at radius 2 is 1.11 bits per heavy atom. The molecule has 0 saturated heterocycles. The molecule has 2 aromatic carbocycles. The Morgan fingerprint density at radius 3 is 1.58 bits per heavy atom. The zero-order chi connectivity index (χ0) is 13.2. The number of halogens is 1. The molecule has 0 radical (unpaired) electrons. The molecule has 2 aromatic rings. The molecule has 0 spiro atoms. The van der Waals surface area contributed by atoms with Gasteiger partial charge >= 0.3 is 126 Å². The van der Waals surface area contributed by atoms with Gasteiger partial charge in [0.1, 0.15) is 0 Å². The molecule has 0 amide bonds. The van der Waals surface area contributed by atoms with Crippen molar-refractivity contribution >= 4 is 11.1 Å². The van der Waals surface area contributed by atoms with E-state index in [2.05, 4.69) is 62.4 Å². The van der Waals surface area contributed by atoms with Gasteiger partial charge in [0, 0.05) is 0 Å². The van der Waals surface area contributed by atoms with E-state index in [-0.39, 0.29) is 21.2 Å². The third-order valence-electron chi connectivity index (χ3n) is 3.88. The standard InChI is InChI=1S/C18H18I/c1-13-14(2)18-10-6-4-8-16(18)12-19-11-15-7-3-5-9-17(13)15/h3-10H,11-12H2,1-2H3/q-1/b14-13-. The molecule has 1 heteroatoms. The molecule has 98 valence electrons. The van der Waals surface area contributed by atoms with E-state index >= 15 is 0 Å². The van der Waals surface area contributed by atoms with Gasteiger partial charge in [-0.1, -0.05) is 0 Å². The summed E-state index contributed by atoms with van der Waals surface area (Å²) < 4.78 is 2.57. The quantitative estimate of drug-likeness (QED) is 0.496. The molecule has 0 aliphatic carbocycles. The van der Waals surface area contributed by atoms with Crippen molar-refractivity contribution in [1.29, 1.82) is 0 Å². The molecule has 0 saturated carbocycles. The third kappa shape index (κ3) is 2.48. The van der Waals surface area contributed by atoms with Crippen LogP contribution >= 0.6 is 0 Å². The first kappa shape index (κ1) is 12.9. The molecule has 1 heterocycles. The van der Waals surface area contributed by atoms with E-state index in [1.54, 1.807) is 11.1 Å². The minimum absolute atomic E-state index is 0.208. The number of alkyl halides is 2. The van der Waals surface area contributed by atoms with E-state index in [1.807, 2.05) is 0 Å².